The molecule has 0 aliphatic heterocycles. The number of halogens is 2. The van der Waals surface area contributed by atoms with E-state index in [9.17, 15) is 0 Å². The van der Waals surface area contributed by atoms with Crippen LogP contribution in [0.1, 0.15) is 67.0 Å². The maximum atomic E-state index is 4.17. The Morgan fingerprint density at radius 1 is 1.14 bits per heavy atom. The Balaban J connectivity index is 1.75. The second-order valence-corrected chi connectivity index (χ2v) is 12.0. The summed E-state index contributed by atoms with van der Waals surface area (Å²) in [5.74, 6) is 0.969. The van der Waals surface area contributed by atoms with Gasteiger partial charge >= 0.3 is 0 Å². The van der Waals surface area contributed by atoms with Crippen molar-refractivity contribution >= 4 is 43.2 Å². The van der Waals surface area contributed by atoms with Crippen LogP contribution in [0.5, 0.6) is 0 Å². The summed E-state index contributed by atoms with van der Waals surface area (Å²) in [6.07, 6.45) is 8.71. The summed E-state index contributed by atoms with van der Waals surface area (Å²) in [5, 5.41) is 0. The average Bonchev–Trinajstić information content (AvgIpc) is 2.62. The molecule has 3 unspecified atom stereocenters. The van der Waals surface area contributed by atoms with Crippen LogP contribution in [0.2, 0.25) is 0 Å². The monoisotopic (exact) mass is 430 g/mol. The van der Waals surface area contributed by atoms with Crippen molar-refractivity contribution in [3.05, 3.63) is 20.3 Å². The van der Waals surface area contributed by atoms with Crippen molar-refractivity contribution in [2.45, 2.75) is 64.1 Å². The summed E-state index contributed by atoms with van der Waals surface area (Å²) >= 11 is 9.95. The topological polar surface area (TPSA) is 0 Å². The molecule has 21 heavy (non-hydrogen) atoms. The van der Waals surface area contributed by atoms with E-state index in [2.05, 4.69) is 58.7 Å². The van der Waals surface area contributed by atoms with Gasteiger partial charge in [-0.2, -0.15) is 0 Å². The highest BCUT2D eigenvalue weighted by Gasteiger charge is 2.62. The predicted molar refractivity (Wildman–Crippen MR) is 98.3 cm³/mol. The number of thiophene rings is 1. The minimum Gasteiger partial charge on any atom is -0.143 e. The van der Waals surface area contributed by atoms with Crippen molar-refractivity contribution in [1.82, 2.24) is 0 Å². The fourth-order valence-electron chi connectivity index (χ4n) is 6.77. The summed E-state index contributed by atoms with van der Waals surface area (Å²) in [5.41, 5.74) is 1.68. The van der Waals surface area contributed by atoms with Gasteiger partial charge in [0.05, 0.1) is 4.83 Å². The molecular formula is C18H24Br2S. The van der Waals surface area contributed by atoms with Gasteiger partial charge in [0.25, 0.3) is 0 Å². The van der Waals surface area contributed by atoms with Gasteiger partial charge in [-0.05, 0) is 89.6 Å². The van der Waals surface area contributed by atoms with Gasteiger partial charge < -0.3 is 0 Å². The highest BCUT2D eigenvalue weighted by atomic mass is 79.9. The molecular weight excluding hydrogens is 408 g/mol. The van der Waals surface area contributed by atoms with Crippen molar-refractivity contribution in [2.75, 3.05) is 0 Å². The van der Waals surface area contributed by atoms with Gasteiger partial charge in [-0.25, -0.2) is 0 Å². The zero-order valence-electron chi connectivity index (χ0n) is 13.1. The Bertz CT molecular complexity index is 572. The molecule has 4 saturated carbocycles. The first-order chi connectivity index (χ1) is 9.73. The first-order valence-corrected chi connectivity index (χ1v) is 10.7. The minimum absolute atomic E-state index is 0.489. The van der Waals surface area contributed by atoms with Gasteiger partial charge in [-0.1, -0.05) is 29.8 Å². The van der Waals surface area contributed by atoms with Crippen LogP contribution in [0, 0.1) is 29.1 Å². The highest BCUT2D eigenvalue weighted by molar-refractivity contribution is 9.11. The first kappa shape index (κ1) is 15.2. The normalized spacial score (nSPS) is 46.0. The third kappa shape index (κ3) is 2.32. The van der Waals surface area contributed by atoms with Crippen LogP contribution in [0.25, 0.3) is 0 Å². The van der Waals surface area contributed by atoms with Gasteiger partial charge in [-0.15, -0.1) is 11.3 Å². The molecule has 1 heterocycles. The highest BCUT2D eigenvalue weighted by Crippen LogP contribution is 2.73. The third-order valence-corrected chi connectivity index (χ3v) is 10.0. The van der Waals surface area contributed by atoms with Crippen molar-refractivity contribution in [3.63, 3.8) is 0 Å². The zero-order chi connectivity index (χ0) is 15.0. The standard InChI is InChI=1S/C18H24Br2S/c1-11-4-13(19)14(21-11)15(20)18-7-12-5-16(2,9-18)8-17(3,6-12)10-18/h4,12,15H,5-10H2,1-3H3. The Labute approximate surface area is 149 Å². The van der Waals surface area contributed by atoms with E-state index in [1.807, 2.05) is 11.3 Å². The molecule has 0 radical (unpaired) electrons. The lowest BCUT2D eigenvalue weighted by Crippen LogP contribution is -2.56. The van der Waals surface area contributed by atoms with E-state index in [1.165, 1.54) is 52.8 Å². The van der Waals surface area contributed by atoms with E-state index in [-0.39, 0.29) is 0 Å². The maximum Gasteiger partial charge on any atom is 0.0557 e. The molecule has 0 nitrogen and oxygen atoms in total. The van der Waals surface area contributed by atoms with Gasteiger partial charge in [-0.3, -0.25) is 0 Å². The smallest absolute Gasteiger partial charge is 0.0557 e. The molecule has 4 aliphatic rings. The lowest BCUT2D eigenvalue weighted by Gasteiger charge is -2.66. The molecule has 1 aromatic rings. The van der Waals surface area contributed by atoms with Crippen molar-refractivity contribution in [1.29, 1.82) is 0 Å². The zero-order valence-corrected chi connectivity index (χ0v) is 17.1. The summed E-state index contributed by atoms with van der Waals surface area (Å²) in [6, 6.07) is 2.29. The number of alkyl halides is 1. The largest absolute Gasteiger partial charge is 0.143 e. The van der Waals surface area contributed by atoms with Crippen LogP contribution in [0.3, 0.4) is 0 Å². The van der Waals surface area contributed by atoms with Gasteiger partial charge in [0, 0.05) is 14.2 Å². The maximum absolute atomic E-state index is 4.17. The van der Waals surface area contributed by atoms with Crippen LogP contribution >= 0.6 is 43.2 Å². The molecule has 5 rings (SSSR count). The molecule has 0 amide bonds. The molecule has 4 fully saturated rings. The molecule has 1 aromatic heterocycles. The second-order valence-electron chi connectivity index (χ2n) is 8.92. The van der Waals surface area contributed by atoms with Crippen LogP contribution < -0.4 is 0 Å². The molecule has 116 valence electrons. The molecule has 0 saturated heterocycles. The fraction of sp³-hybridized carbons (Fsp3) is 0.778. The number of aryl methyl sites for hydroxylation is 1. The van der Waals surface area contributed by atoms with Crippen molar-refractivity contribution in [3.8, 4) is 0 Å². The summed E-state index contributed by atoms with van der Waals surface area (Å²) in [6.45, 7) is 7.36. The van der Waals surface area contributed by atoms with Crippen molar-refractivity contribution < 1.29 is 0 Å². The molecule has 3 heteroatoms. The fourth-order valence-corrected chi connectivity index (χ4v) is 10.1. The lowest BCUT2D eigenvalue weighted by molar-refractivity contribution is -0.144. The van der Waals surface area contributed by atoms with Crippen LogP contribution in [-0.4, -0.2) is 0 Å². The number of hydrogen-bond donors (Lipinski definition) is 0. The molecule has 0 aromatic carbocycles. The predicted octanol–water partition coefficient (Wildman–Crippen LogP) is 7.25. The SMILES string of the molecule is Cc1cc(Br)c(C(Br)C23CC4CC(C)(CC(C)(C4)C2)C3)s1. The van der Waals surface area contributed by atoms with Gasteiger partial charge in [0.15, 0.2) is 0 Å². The number of rotatable bonds is 2. The molecule has 0 N–H and O–H groups in total. The first-order valence-electron chi connectivity index (χ1n) is 8.13. The lowest BCUT2D eigenvalue weighted by atomic mass is 9.40. The van der Waals surface area contributed by atoms with Crippen LogP contribution in [-0.2, 0) is 0 Å². The minimum atomic E-state index is 0.489. The van der Waals surface area contributed by atoms with E-state index in [4.69, 9.17) is 0 Å². The Kier molecular flexibility index (Phi) is 3.33. The van der Waals surface area contributed by atoms with E-state index in [0.29, 0.717) is 21.1 Å². The molecule has 4 aliphatic carbocycles. The third-order valence-electron chi connectivity index (χ3n) is 6.27. The van der Waals surface area contributed by atoms with E-state index >= 15 is 0 Å². The second kappa shape index (κ2) is 4.60. The van der Waals surface area contributed by atoms with Gasteiger partial charge in [0.2, 0.25) is 0 Å². The van der Waals surface area contributed by atoms with Crippen LogP contribution in [0.15, 0.2) is 10.5 Å². The Morgan fingerprint density at radius 3 is 2.24 bits per heavy atom. The number of hydrogen-bond acceptors (Lipinski definition) is 1. The van der Waals surface area contributed by atoms with Crippen LogP contribution in [0.4, 0.5) is 0 Å². The molecule has 3 atom stereocenters. The van der Waals surface area contributed by atoms with Gasteiger partial charge in [0.1, 0.15) is 0 Å². The summed E-state index contributed by atoms with van der Waals surface area (Å²) in [7, 11) is 0. The quantitative estimate of drug-likeness (QED) is 0.432. The Morgan fingerprint density at radius 2 is 1.76 bits per heavy atom. The van der Waals surface area contributed by atoms with E-state index < -0.39 is 0 Å². The summed E-state index contributed by atoms with van der Waals surface area (Å²) in [4.78, 5) is 3.48. The van der Waals surface area contributed by atoms with E-state index in [1.54, 1.807) is 0 Å². The average molecular weight is 432 g/mol. The molecule has 4 bridgehead atoms. The molecule has 0 spiro atoms. The van der Waals surface area contributed by atoms with E-state index in [0.717, 1.165) is 5.92 Å². The Hall–Kier alpha value is 0.660. The van der Waals surface area contributed by atoms with Crippen molar-refractivity contribution in [2.24, 2.45) is 22.2 Å². The summed E-state index contributed by atoms with van der Waals surface area (Å²) < 4.78 is 1.32.